The van der Waals surface area contributed by atoms with Crippen molar-refractivity contribution in [2.24, 2.45) is 5.92 Å². The number of urea groups is 1. The highest BCUT2D eigenvalue weighted by Crippen LogP contribution is 2.19. The lowest BCUT2D eigenvalue weighted by molar-refractivity contribution is 0.0691. The number of aliphatic hydroxyl groups is 1. The van der Waals surface area contributed by atoms with E-state index in [2.05, 4.69) is 10.3 Å². The normalized spacial score (nSPS) is 18.5. The molecule has 1 aromatic rings. The van der Waals surface area contributed by atoms with E-state index in [4.69, 9.17) is 10.2 Å². The van der Waals surface area contributed by atoms with Gasteiger partial charge in [-0.2, -0.15) is 0 Å². The van der Waals surface area contributed by atoms with Crippen molar-refractivity contribution in [1.82, 2.24) is 15.2 Å². The van der Waals surface area contributed by atoms with E-state index in [1.54, 1.807) is 4.90 Å². The molecular weight excluding hydrogens is 294 g/mol. The number of aromatic nitrogens is 1. The summed E-state index contributed by atoms with van der Waals surface area (Å²) < 4.78 is 0. The van der Waals surface area contributed by atoms with Gasteiger partial charge in [0.1, 0.15) is 5.01 Å². The maximum Gasteiger partial charge on any atom is 0.355 e. The van der Waals surface area contributed by atoms with Crippen LogP contribution >= 0.6 is 11.3 Å². The number of hydrogen-bond donors (Lipinski definition) is 3. The van der Waals surface area contributed by atoms with Crippen LogP contribution in [0.3, 0.4) is 0 Å². The van der Waals surface area contributed by atoms with Crippen molar-refractivity contribution in [2.75, 3.05) is 19.7 Å². The maximum atomic E-state index is 12.1. The molecule has 1 aliphatic heterocycles. The fourth-order valence-corrected chi connectivity index (χ4v) is 3.13. The molecule has 8 heteroatoms. The first-order valence-corrected chi connectivity index (χ1v) is 7.79. The van der Waals surface area contributed by atoms with Crippen LogP contribution < -0.4 is 5.32 Å². The Bertz CT molecular complexity index is 503. The van der Waals surface area contributed by atoms with Crippen molar-refractivity contribution in [3.8, 4) is 0 Å². The van der Waals surface area contributed by atoms with E-state index in [-0.39, 0.29) is 24.9 Å². The number of carbonyl (C=O) groups excluding carboxylic acids is 1. The number of carboxylic acids is 1. The Balaban J connectivity index is 1.81. The zero-order chi connectivity index (χ0) is 15.2. The summed E-state index contributed by atoms with van der Waals surface area (Å²) in [5.74, 6) is -0.709. The lowest BCUT2D eigenvalue weighted by Gasteiger charge is -2.32. The topological polar surface area (TPSA) is 103 Å². The van der Waals surface area contributed by atoms with Crippen molar-refractivity contribution < 1.29 is 19.8 Å². The molecule has 2 rings (SSSR count). The van der Waals surface area contributed by atoms with Crippen LogP contribution in [0, 0.1) is 5.92 Å². The smallest absolute Gasteiger partial charge is 0.355 e. The minimum Gasteiger partial charge on any atom is -0.476 e. The summed E-state index contributed by atoms with van der Waals surface area (Å²) in [7, 11) is 0. The Morgan fingerprint density at radius 3 is 3.00 bits per heavy atom. The van der Waals surface area contributed by atoms with Gasteiger partial charge < -0.3 is 20.4 Å². The summed E-state index contributed by atoms with van der Waals surface area (Å²) >= 11 is 1.22. The lowest BCUT2D eigenvalue weighted by Crippen LogP contribution is -2.45. The van der Waals surface area contributed by atoms with Crippen LogP contribution in [0.5, 0.6) is 0 Å². The van der Waals surface area contributed by atoms with Gasteiger partial charge in [0.05, 0.1) is 6.54 Å². The van der Waals surface area contributed by atoms with Crippen molar-refractivity contribution in [3.05, 3.63) is 16.1 Å². The summed E-state index contributed by atoms with van der Waals surface area (Å²) in [6.45, 7) is 1.76. The molecule has 1 aliphatic rings. The van der Waals surface area contributed by atoms with Crippen molar-refractivity contribution in [2.45, 2.75) is 25.8 Å². The van der Waals surface area contributed by atoms with Gasteiger partial charge in [0.15, 0.2) is 5.69 Å². The Hall–Kier alpha value is -1.67. The number of nitrogens with zero attached hydrogens (tertiary/aromatic N) is 2. The molecular formula is C13H19N3O4S. The summed E-state index contributed by atoms with van der Waals surface area (Å²) in [4.78, 5) is 28.5. The molecule has 2 heterocycles. The van der Waals surface area contributed by atoms with Crippen molar-refractivity contribution in [3.63, 3.8) is 0 Å². The molecule has 1 unspecified atom stereocenters. The van der Waals surface area contributed by atoms with Crippen molar-refractivity contribution in [1.29, 1.82) is 0 Å². The number of aliphatic hydroxyl groups excluding tert-OH is 1. The third kappa shape index (κ3) is 4.40. The van der Waals surface area contributed by atoms with Gasteiger partial charge in [0.2, 0.25) is 0 Å². The first kappa shape index (κ1) is 15.7. The molecule has 0 bridgehead atoms. The molecule has 0 aliphatic carbocycles. The SMILES string of the molecule is O=C(O)c1csc(CNC(=O)N2CCCC(CCO)C2)n1. The maximum absolute atomic E-state index is 12.1. The highest BCUT2D eigenvalue weighted by molar-refractivity contribution is 7.09. The standard InChI is InChI=1S/C13H19N3O4S/c17-5-3-9-2-1-4-16(7-9)13(20)14-6-11-15-10(8-21-11)12(18)19/h8-9,17H,1-7H2,(H,14,20)(H,18,19). The van der Waals surface area contributed by atoms with E-state index in [1.807, 2.05) is 0 Å². The average molecular weight is 313 g/mol. The van der Waals surface area contributed by atoms with E-state index in [0.29, 0.717) is 24.0 Å². The summed E-state index contributed by atoms with van der Waals surface area (Å²) in [6, 6.07) is -0.162. The van der Waals surface area contributed by atoms with Gasteiger partial charge in [-0.1, -0.05) is 0 Å². The zero-order valence-corrected chi connectivity index (χ0v) is 12.4. The highest BCUT2D eigenvalue weighted by atomic mass is 32.1. The van der Waals surface area contributed by atoms with Crippen LogP contribution in [0.25, 0.3) is 0 Å². The number of aromatic carboxylic acids is 1. The third-order valence-electron chi connectivity index (χ3n) is 3.51. The summed E-state index contributed by atoms with van der Waals surface area (Å²) in [5, 5.41) is 22.6. The van der Waals surface area contributed by atoms with Gasteiger partial charge in [0, 0.05) is 25.1 Å². The quantitative estimate of drug-likeness (QED) is 0.756. The molecule has 1 atom stereocenters. The van der Waals surface area contributed by atoms with Crippen LogP contribution in [0.1, 0.15) is 34.8 Å². The number of likely N-dealkylation sites (tertiary alicyclic amines) is 1. The molecule has 7 nitrogen and oxygen atoms in total. The Morgan fingerprint density at radius 1 is 1.52 bits per heavy atom. The Morgan fingerprint density at radius 2 is 2.33 bits per heavy atom. The van der Waals surface area contributed by atoms with Crippen LogP contribution in [0.4, 0.5) is 4.79 Å². The number of thiazole rings is 1. The molecule has 2 amide bonds. The molecule has 21 heavy (non-hydrogen) atoms. The fraction of sp³-hybridized carbons (Fsp3) is 0.615. The Labute approximate surface area is 126 Å². The number of carboxylic acid groups (broad SMARTS) is 1. The van der Waals surface area contributed by atoms with Gasteiger partial charge in [-0.15, -0.1) is 11.3 Å². The third-order valence-corrected chi connectivity index (χ3v) is 4.35. The first-order valence-electron chi connectivity index (χ1n) is 6.91. The van der Waals surface area contributed by atoms with E-state index < -0.39 is 5.97 Å². The number of rotatable bonds is 5. The summed E-state index contributed by atoms with van der Waals surface area (Å²) in [6.07, 6.45) is 2.70. The van der Waals surface area contributed by atoms with Crippen LogP contribution in [-0.4, -0.2) is 51.8 Å². The van der Waals surface area contributed by atoms with Gasteiger partial charge in [-0.3, -0.25) is 0 Å². The Kier molecular flexibility index (Phi) is 5.51. The monoisotopic (exact) mass is 313 g/mol. The second kappa shape index (κ2) is 7.37. The fourth-order valence-electron chi connectivity index (χ4n) is 2.42. The predicted molar refractivity (Wildman–Crippen MR) is 77.3 cm³/mol. The van der Waals surface area contributed by atoms with E-state index in [1.165, 1.54) is 16.7 Å². The molecule has 0 spiro atoms. The van der Waals surface area contributed by atoms with Crippen LogP contribution in [-0.2, 0) is 6.54 Å². The minimum atomic E-state index is -1.06. The molecule has 0 saturated carbocycles. The predicted octanol–water partition coefficient (Wildman–Crippen LogP) is 1.15. The van der Waals surface area contributed by atoms with E-state index in [9.17, 15) is 9.59 Å². The van der Waals surface area contributed by atoms with Gasteiger partial charge in [-0.05, 0) is 25.2 Å². The zero-order valence-electron chi connectivity index (χ0n) is 11.6. The van der Waals surface area contributed by atoms with Crippen molar-refractivity contribution >= 4 is 23.3 Å². The van der Waals surface area contributed by atoms with Gasteiger partial charge >= 0.3 is 12.0 Å². The van der Waals surface area contributed by atoms with Gasteiger partial charge in [-0.25, -0.2) is 14.6 Å². The number of piperidine rings is 1. The number of hydrogen-bond acceptors (Lipinski definition) is 5. The molecule has 1 fully saturated rings. The number of nitrogens with one attached hydrogen (secondary N) is 1. The van der Waals surface area contributed by atoms with E-state index in [0.717, 1.165) is 19.3 Å². The van der Waals surface area contributed by atoms with E-state index >= 15 is 0 Å². The molecule has 0 radical (unpaired) electrons. The molecule has 1 saturated heterocycles. The summed E-state index contributed by atoms with van der Waals surface area (Å²) in [5.41, 5.74) is 0.00484. The second-order valence-corrected chi connectivity index (χ2v) is 6.00. The molecule has 116 valence electrons. The number of carbonyl (C=O) groups is 2. The largest absolute Gasteiger partial charge is 0.476 e. The lowest BCUT2D eigenvalue weighted by atomic mass is 9.95. The number of amides is 2. The first-order chi connectivity index (χ1) is 10.1. The van der Waals surface area contributed by atoms with Gasteiger partial charge in [0.25, 0.3) is 0 Å². The second-order valence-electron chi connectivity index (χ2n) is 5.06. The minimum absolute atomic E-state index is 0.00484. The van der Waals surface area contributed by atoms with Crippen LogP contribution in [0.15, 0.2) is 5.38 Å². The average Bonchev–Trinajstić information content (AvgIpc) is 2.94. The molecule has 3 N–H and O–H groups in total. The van der Waals surface area contributed by atoms with Crippen LogP contribution in [0.2, 0.25) is 0 Å². The molecule has 0 aromatic carbocycles. The molecule has 1 aromatic heterocycles. The highest BCUT2D eigenvalue weighted by Gasteiger charge is 2.23.